The normalized spacial score (nSPS) is 14.3. The van der Waals surface area contributed by atoms with Crippen molar-refractivity contribution < 1.29 is 9.90 Å². The zero-order valence-corrected chi connectivity index (χ0v) is 17.7. The summed E-state index contributed by atoms with van der Waals surface area (Å²) in [5.41, 5.74) is 2.91. The molecule has 1 aliphatic carbocycles. The average Bonchev–Trinajstić information content (AvgIpc) is 2.73. The van der Waals surface area contributed by atoms with Crippen LogP contribution in [0.1, 0.15) is 19.8 Å². The van der Waals surface area contributed by atoms with Gasteiger partial charge in [-0.15, -0.1) is 0 Å². The zero-order chi connectivity index (χ0) is 20.5. The number of benzene rings is 2. The van der Waals surface area contributed by atoms with Gasteiger partial charge in [-0.1, -0.05) is 83.7 Å². The quantitative estimate of drug-likeness (QED) is 0.442. The number of allylic oxidation sites excluding steroid dienone is 2. The highest BCUT2D eigenvalue weighted by molar-refractivity contribution is 7.75. The Morgan fingerprint density at radius 2 is 1.62 bits per heavy atom. The third-order valence-electron chi connectivity index (χ3n) is 4.79. The number of aliphatic hydroxyl groups is 1. The standard InChI is InChI=1S/C24H29N2O2P/c1-19(26-17-24(28)25-12-13-27)14-20-15-21(16-20)18-29(22-8-4-2-5-9-22)23-10-6-3-7-11-23/h2-11,14,18-19,26-27H,12-13,15-17H2,1H3,(H,25,28). The molecule has 1 unspecified atom stereocenters. The molecule has 0 radical (unpaired) electrons. The van der Waals surface area contributed by atoms with Crippen molar-refractivity contribution >= 4 is 24.4 Å². The van der Waals surface area contributed by atoms with E-state index in [-0.39, 0.29) is 25.1 Å². The molecular formula is C24H29N2O2P. The summed E-state index contributed by atoms with van der Waals surface area (Å²) in [7, 11) is -0.484. The molecule has 1 aliphatic rings. The number of carbonyl (C=O) groups is 1. The lowest BCUT2D eigenvalue weighted by Crippen LogP contribution is -2.38. The number of hydrogen-bond donors (Lipinski definition) is 3. The summed E-state index contributed by atoms with van der Waals surface area (Å²) in [6, 6.07) is 21.6. The molecule has 3 N–H and O–H groups in total. The minimum Gasteiger partial charge on any atom is -0.395 e. The fourth-order valence-electron chi connectivity index (χ4n) is 3.32. The Morgan fingerprint density at radius 1 is 1.03 bits per heavy atom. The van der Waals surface area contributed by atoms with Crippen LogP contribution < -0.4 is 21.2 Å². The number of amides is 1. The lowest BCUT2D eigenvalue weighted by atomic mass is 9.86. The van der Waals surface area contributed by atoms with E-state index in [0.29, 0.717) is 6.54 Å². The van der Waals surface area contributed by atoms with Crippen molar-refractivity contribution in [2.45, 2.75) is 25.8 Å². The van der Waals surface area contributed by atoms with E-state index in [0.717, 1.165) is 12.8 Å². The highest BCUT2D eigenvalue weighted by atomic mass is 31.1. The molecule has 4 nitrogen and oxygen atoms in total. The molecule has 2 aromatic carbocycles. The Kier molecular flexibility index (Phi) is 8.18. The molecule has 0 aromatic heterocycles. The Hall–Kier alpha value is -2.26. The first-order chi connectivity index (χ1) is 14.2. The molecule has 0 bridgehead atoms. The van der Waals surface area contributed by atoms with Crippen LogP contribution in [0.15, 0.2) is 83.7 Å². The Labute approximate surface area is 174 Å². The Balaban J connectivity index is 1.59. The maximum atomic E-state index is 11.6. The highest BCUT2D eigenvalue weighted by Gasteiger charge is 2.20. The van der Waals surface area contributed by atoms with Crippen molar-refractivity contribution in [2.24, 2.45) is 0 Å². The fraction of sp³-hybridized carbons (Fsp3) is 0.292. The summed E-state index contributed by atoms with van der Waals surface area (Å²) in [6.45, 7) is 2.60. The van der Waals surface area contributed by atoms with Gasteiger partial charge in [0, 0.05) is 12.6 Å². The first kappa shape index (κ1) is 21.4. The highest BCUT2D eigenvalue weighted by Crippen LogP contribution is 2.43. The smallest absolute Gasteiger partial charge is 0.234 e. The van der Waals surface area contributed by atoms with Gasteiger partial charge in [0.1, 0.15) is 0 Å². The van der Waals surface area contributed by atoms with Crippen molar-refractivity contribution in [2.75, 3.05) is 19.7 Å². The average molecular weight is 408 g/mol. The van der Waals surface area contributed by atoms with Crippen LogP contribution in [-0.2, 0) is 4.79 Å². The fourth-order valence-corrected chi connectivity index (χ4v) is 5.45. The van der Waals surface area contributed by atoms with Crippen LogP contribution in [0.4, 0.5) is 0 Å². The van der Waals surface area contributed by atoms with Crippen molar-refractivity contribution in [1.29, 1.82) is 0 Å². The van der Waals surface area contributed by atoms with Crippen LogP contribution in [0.2, 0.25) is 0 Å². The molecule has 2 aromatic rings. The van der Waals surface area contributed by atoms with Gasteiger partial charge in [-0.2, -0.15) is 0 Å². The topological polar surface area (TPSA) is 61.4 Å². The van der Waals surface area contributed by atoms with E-state index in [4.69, 9.17) is 5.11 Å². The molecule has 0 heterocycles. The third-order valence-corrected chi connectivity index (χ3v) is 7.13. The monoisotopic (exact) mass is 408 g/mol. The molecule has 1 atom stereocenters. The molecule has 152 valence electrons. The molecule has 1 amide bonds. The predicted octanol–water partition coefficient (Wildman–Crippen LogP) is 2.81. The number of nitrogens with one attached hydrogen (secondary N) is 2. The molecule has 3 rings (SSSR count). The number of aliphatic hydroxyl groups excluding tert-OH is 1. The second-order valence-corrected chi connectivity index (χ2v) is 9.28. The lowest BCUT2D eigenvalue weighted by Gasteiger charge is -2.26. The van der Waals surface area contributed by atoms with Crippen LogP contribution >= 0.6 is 7.92 Å². The maximum absolute atomic E-state index is 11.6. The van der Waals surface area contributed by atoms with E-state index >= 15 is 0 Å². The largest absolute Gasteiger partial charge is 0.395 e. The molecule has 1 fully saturated rings. The Bertz CT molecular complexity index is 800. The summed E-state index contributed by atoms with van der Waals surface area (Å²) in [6.07, 6.45) is 4.26. The zero-order valence-electron chi connectivity index (χ0n) is 16.8. The van der Waals surface area contributed by atoms with Crippen molar-refractivity contribution in [1.82, 2.24) is 10.6 Å². The van der Waals surface area contributed by atoms with E-state index in [1.807, 2.05) is 0 Å². The van der Waals surface area contributed by atoms with E-state index < -0.39 is 7.92 Å². The summed E-state index contributed by atoms with van der Waals surface area (Å²) < 4.78 is 0. The van der Waals surface area contributed by atoms with Gasteiger partial charge in [-0.05, 0) is 38.3 Å². The minimum atomic E-state index is -0.484. The molecule has 1 saturated carbocycles. The number of rotatable bonds is 9. The first-order valence-electron chi connectivity index (χ1n) is 10.0. The van der Waals surface area contributed by atoms with Crippen LogP contribution in [0.5, 0.6) is 0 Å². The molecule has 29 heavy (non-hydrogen) atoms. The van der Waals surface area contributed by atoms with Gasteiger partial charge in [-0.3, -0.25) is 4.79 Å². The van der Waals surface area contributed by atoms with Crippen LogP contribution in [0.3, 0.4) is 0 Å². The van der Waals surface area contributed by atoms with Gasteiger partial charge >= 0.3 is 0 Å². The first-order valence-corrected chi connectivity index (χ1v) is 11.5. The van der Waals surface area contributed by atoms with Gasteiger partial charge in [0.05, 0.1) is 13.2 Å². The summed E-state index contributed by atoms with van der Waals surface area (Å²) >= 11 is 0. The van der Waals surface area contributed by atoms with E-state index in [1.165, 1.54) is 21.8 Å². The van der Waals surface area contributed by atoms with Crippen molar-refractivity contribution in [3.8, 4) is 0 Å². The summed E-state index contributed by atoms with van der Waals surface area (Å²) in [5.74, 6) is 2.38. The van der Waals surface area contributed by atoms with E-state index in [1.54, 1.807) is 0 Å². The molecule has 5 heteroatoms. The van der Waals surface area contributed by atoms with Gasteiger partial charge in [-0.25, -0.2) is 0 Å². The van der Waals surface area contributed by atoms with Crippen LogP contribution in [0, 0.1) is 0 Å². The predicted molar refractivity (Wildman–Crippen MR) is 122 cm³/mol. The van der Waals surface area contributed by atoms with Gasteiger partial charge in [0.25, 0.3) is 0 Å². The Morgan fingerprint density at radius 3 is 2.17 bits per heavy atom. The molecular weight excluding hydrogens is 379 g/mol. The van der Waals surface area contributed by atoms with Crippen molar-refractivity contribution in [3.63, 3.8) is 0 Å². The number of carbonyl (C=O) groups excluding carboxylic acids is 1. The van der Waals surface area contributed by atoms with Crippen LogP contribution in [-0.4, -0.2) is 36.8 Å². The summed E-state index contributed by atoms with van der Waals surface area (Å²) in [4.78, 5) is 11.6. The second kappa shape index (κ2) is 11.1. The van der Waals surface area contributed by atoms with Gasteiger partial charge in [0.2, 0.25) is 5.91 Å². The van der Waals surface area contributed by atoms with E-state index in [9.17, 15) is 4.79 Å². The number of hydrogen-bond acceptors (Lipinski definition) is 3. The second-order valence-electron chi connectivity index (χ2n) is 7.25. The molecule has 0 aliphatic heterocycles. The SMILES string of the molecule is CC(C=C1CC(=CP(c2ccccc2)c2ccccc2)C1)NCC(=O)NCCO. The van der Waals surface area contributed by atoms with E-state index in [2.05, 4.69) is 90.1 Å². The van der Waals surface area contributed by atoms with Gasteiger partial charge < -0.3 is 15.7 Å². The van der Waals surface area contributed by atoms with Crippen LogP contribution in [0.25, 0.3) is 0 Å². The summed E-state index contributed by atoms with van der Waals surface area (Å²) in [5, 5.41) is 17.4. The van der Waals surface area contributed by atoms with Crippen molar-refractivity contribution in [3.05, 3.63) is 83.7 Å². The van der Waals surface area contributed by atoms with Gasteiger partial charge in [0.15, 0.2) is 0 Å². The molecule has 0 spiro atoms. The third kappa shape index (κ3) is 6.64. The maximum Gasteiger partial charge on any atom is 0.234 e. The minimum absolute atomic E-state index is 0.0328. The molecule has 0 saturated heterocycles. The lowest BCUT2D eigenvalue weighted by molar-refractivity contribution is -0.120.